The Balaban J connectivity index is 2.00. The zero-order valence-corrected chi connectivity index (χ0v) is 21.1. The highest BCUT2D eigenvalue weighted by atomic mass is 16.8. The van der Waals surface area contributed by atoms with Crippen molar-refractivity contribution in [2.75, 3.05) is 18.1 Å². The van der Waals surface area contributed by atoms with Gasteiger partial charge in [0.05, 0.1) is 5.69 Å². The molecule has 0 aromatic heterocycles. The number of nitrogens with zero attached hydrogens (tertiary/aromatic N) is 2. The summed E-state index contributed by atoms with van der Waals surface area (Å²) < 4.78 is 21.7. The maximum atomic E-state index is 13.0. The number of rotatable bonds is 8. The Bertz CT molecular complexity index is 1100. The summed E-state index contributed by atoms with van der Waals surface area (Å²) in [7, 11) is 0. The lowest BCUT2D eigenvalue weighted by molar-refractivity contribution is -0.278. The van der Waals surface area contributed by atoms with Crippen molar-refractivity contribution < 1.29 is 47.8 Å². The molecule has 200 valence electrons. The first-order chi connectivity index (χ1) is 17.5. The van der Waals surface area contributed by atoms with E-state index in [-0.39, 0.29) is 12.3 Å². The van der Waals surface area contributed by atoms with Gasteiger partial charge in [-0.25, -0.2) is 0 Å². The van der Waals surface area contributed by atoms with E-state index >= 15 is 0 Å². The fraction of sp³-hybridized carbons (Fsp3) is 0.500. The minimum atomic E-state index is -1.43. The van der Waals surface area contributed by atoms with E-state index in [0.717, 1.165) is 13.8 Å². The molecule has 13 heteroatoms. The molecule has 2 heterocycles. The zero-order chi connectivity index (χ0) is 27.3. The quantitative estimate of drug-likeness (QED) is 0.290. The lowest BCUT2D eigenvalue weighted by atomic mass is 9.96. The Labute approximate surface area is 213 Å². The minimum Gasteiger partial charge on any atom is -0.463 e. The molecule has 1 fully saturated rings. The number of hydrogen-bond donors (Lipinski definition) is 1. The molecule has 1 aromatic carbocycles. The Morgan fingerprint density at radius 3 is 2.24 bits per heavy atom. The van der Waals surface area contributed by atoms with Gasteiger partial charge in [0.25, 0.3) is 12.2 Å². The molecule has 2 aliphatic rings. The van der Waals surface area contributed by atoms with Gasteiger partial charge in [-0.15, -0.1) is 0 Å². The Kier molecular flexibility index (Phi) is 8.81. The van der Waals surface area contributed by atoms with Gasteiger partial charge in [-0.2, -0.15) is 0 Å². The molecule has 0 bridgehead atoms. The van der Waals surface area contributed by atoms with Crippen molar-refractivity contribution in [3.63, 3.8) is 0 Å². The first-order valence-electron chi connectivity index (χ1n) is 11.6. The molecule has 3 rings (SSSR count). The molecule has 13 nitrogen and oxygen atoms in total. The van der Waals surface area contributed by atoms with E-state index in [4.69, 9.17) is 23.8 Å². The van der Waals surface area contributed by atoms with Crippen LogP contribution in [-0.2, 0) is 47.8 Å². The van der Waals surface area contributed by atoms with Gasteiger partial charge in [0, 0.05) is 39.8 Å². The highest BCUT2D eigenvalue weighted by Crippen LogP contribution is 2.31. The molecule has 0 saturated carbocycles. The van der Waals surface area contributed by atoms with Crippen LogP contribution in [-0.4, -0.2) is 79.2 Å². The van der Waals surface area contributed by atoms with Gasteiger partial charge in [-0.05, 0) is 13.0 Å². The van der Waals surface area contributed by atoms with Crippen molar-refractivity contribution in [2.45, 2.75) is 65.3 Å². The third-order valence-electron chi connectivity index (χ3n) is 5.53. The van der Waals surface area contributed by atoms with Gasteiger partial charge < -0.3 is 34.0 Å². The molecule has 0 radical (unpaired) electrons. The van der Waals surface area contributed by atoms with Crippen molar-refractivity contribution in [1.82, 2.24) is 5.32 Å². The molecule has 5 atom stereocenters. The number of hydrogen-bond acceptors (Lipinski definition) is 11. The van der Waals surface area contributed by atoms with Crippen LogP contribution in [0.15, 0.2) is 29.4 Å². The van der Waals surface area contributed by atoms with Crippen LogP contribution in [0, 0.1) is 0 Å². The van der Waals surface area contributed by atoms with Gasteiger partial charge in [0.15, 0.2) is 17.9 Å². The number of ether oxygens (including phenoxy) is 4. The van der Waals surface area contributed by atoms with Gasteiger partial charge in [0.1, 0.15) is 18.8 Å². The summed E-state index contributed by atoms with van der Waals surface area (Å²) in [6.45, 7) is 6.49. The van der Waals surface area contributed by atoms with E-state index in [9.17, 15) is 24.0 Å². The topological polar surface area (TPSA) is 159 Å². The Morgan fingerprint density at radius 1 is 1.00 bits per heavy atom. The van der Waals surface area contributed by atoms with Crippen LogP contribution in [0.1, 0.15) is 40.2 Å². The van der Waals surface area contributed by atoms with E-state index in [0.29, 0.717) is 17.8 Å². The fourth-order valence-corrected chi connectivity index (χ4v) is 4.15. The number of carbonyl (C=O) groups is 5. The molecule has 2 aliphatic heterocycles. The average Bonchev–Trinajstić information content (AvgIpc) is 3.09. The van der Waals surface area contributed by atoms with E-state index in [2.05, 4.69) is 10.5 Å². The minimum absolute atomic E-state index is 0.00491. The second kappa shape index (κ2) is 11.8. The lowest BCUT2D eigenvalue weighted by Gasteiger charge is -2.43. The first-order valence-corrected chi connectivity index (χ1v) is 11.6. The third kappa shape index (κ3) is 6.42. The van der Waals surface area contributed by atoms with Crippen LogP contribution in [0.3, 0.4) is 0 Å². The molecule has 2 amide bonds. The summed E-state index contributed by atoms with van der Waals surface area (Å²) in [6.07, 6.45) is -5.16. The Morgan fingerprint density at radius 2 is 1.65 bits per heavy atom. The first kappa shape index (κ1) is 27.6. The highest BCUT2D eigenvalue weighted by Gasteiger charge is 2.52. The van der Waals surface area contributed by atoms with Crippen LogP contribution in [0.25, 0.3) is 0 Å². The van der Waals surface area contributed by atoms with Crippen LogP contribution in [0.4, 0.5) is 5.69 Å². The standard InChI is InChI=1S/C24H29N3O10/c1-6-27-17-10-8-7-9-16(17)19(23(27)32)26-37-24-20(25-12(2)28)22(35-15(5)31)21(34-14(4)30)18(36-24)11-33-13(3)29/h7-10,18,20-22,24H,6,11H2,1-5H3,(H,25,28)/b26-19-/t18-,20-,21+,22+,24+/m1/s1. The molecular weight excluding hydrogens is 490 g/mol. The average molecular weight is 520 g/mol. The maximum absolute atomic E-state index is 13.0. The lowest BCUT2D eigenvalue weighted by Crippen LogP contribution is -2.66. The van der Waals surface area contributed by atoms with Gasteiger partial charge in [-0.1, -0.05) is 23.4 Å². The smallest absolute Gasteiger partial charge is 0.303 e. The van der Waals surface area contributed by atoms with Crippen LogP contribution in [0.5, 0.6) is 0 Å². The summed E-state index contributed by atoms with van der Waals surface area (Å²) >= 11 is 0. The molecule has 0 aliphatic carbocycles. The predicted octanol–water partition coefficient (Wildman–Crippen LogP) is 0.430. The van der Waals surface area contributed by atoms with Crippen molar-refractivity contribution >= 4 is 41.1 Å². The SMILES string of the molecule is CCN1C(=O)/C(=N\O[C@@H]2O[C@H](COC(C)=O)[C@H](OC(C)=O)[C@@H](OC(C)=O)[C@H]2NC(C)=O)c2ccccc21. The van der Waals surface area contributed by atoms with Crippen LogP contribution in [0.2, 0.25) is 0 Å². The van der Waals surface area contributed by atoms with Crippen molar-refractivity contribution in [3.8, 4) is 0 Å². The second-order valence-electron chi connectivity index (χ2n) is 8.33. The van der Waals surface area contributed by atoms with Gasteiger partial charge in [0.2, 0.25) is 5.91 Å². The normalized spacial score (nSPS) is 25.8. The van der Waals surface area contributed by atoms with E-state index < -0.39 is 60.4 Å². The number of para-hydroxylation sites is 1. The number of esters is 3. The monoisotopic (exact) mass is 519 g/mol. The van der Waals surface area contributed by atoms with Crippen molar-refractivity contribution in [2.24, 2.45) is 5.16 Å². The van der Waals surface area contributed by atoms with Gasteiger partial charge in [-0.3, -0.25) is 24.0 Å². The number of likely N-dealkylation sites (N-methyl/N-ethyl adjacent to an activating group) is 1. The highest BCUT2D eigenvalue weighted by molar-refractivity contribution is 6.54. The third-order valence-corrected chi connectivity index (χ3v) is 5.53. The summed E-state index contributed by atoms with van der Waals surface area (Å²) in [6, 6.07) is 5.80. The second-order valence-corrected chi connectivity index (χ2v) is 8.33. The van der Waals surface area contributed by atoms with E-state index in [1.54, 1.807) is 24.3 Å². The molecule has 0 unspecified atom stereocenters. The molecule has 0 spiro atoms. The molecule has 37 heavy (non-hydrogen) atoms. The maximum Gasteiger partial charge on any atom is 0.303 e. The van der Waals surface area contributed by atoms with Crippen LogP contribution >= 0.6 is 0 Å². The summed E-state index contributed by atoms with van der Waals surface area (Å²) in [5, 5.41) is 6.62. The van der Waals surface area contributed by atoms with Crippen molar-refractivity contribution in [3.05, 3.63) is 29.8 Å². The van der Waals surface area contributed by atoms with Crippen LogP contribution < -0.4 is 10.2 Å². The van der Waals surface area contributed by atoms with Gasteiger partial charge >= 0.3 is 17.9 Å². The predicted molar refractivity (Wildman–Crippen MR) is 126 cm³/mol. The molecule has 1 N–H and O–H groups in total. The number of carbonyl (C=O) groups excluding carboxylic acids is 5. The van der Waals surface area contributed by atoms with E-state index in [1.165, 1.54) is 18.7 Å². The van der Waals surface area contributed by atoms with Crippen molar-refractivity contribution in [1.29, 1.82) is 0 Å². The fourth-order valence-electron chi connectivity index (χ4n) is 4.15. The van der Waals surface area contributed by atoms with E-state index in [1.807, 2.05) is 6.92 Å². The number of oxime groups is 1. The Hall–Kier alpha value is -4.00. The zero-order valence-electron chi connectivity index (χ0n) is 21.1. The number of fused-ring (bicyclic) bond motifs is 1. The molecular formula is C24H29N3O10. The number of benzene rings is 1. The summed E-state index contributed by atoms with van der Waals surface area (Å²) in [4.78, 5) is 67.4. The molecule has 1 aromatic rings. The number of amides is 2. The number of nitrogens with one attached hydrogen (secondary N) is 1. The summed E-state index contributed by atoms with van der Waals surface area (Å²) in [5.41, 5.74) is 1.19. The summed E-state index contributed by atoms with van der Waals surface area (Å²) in [5.74, 6) is -3.04. The molecule has 1 saturated heterocycles. The largest absolute Gasteiger partial charge is 0.463 e. The number of anilines is 1.